The van der Waals surface area contributed by atoms with E-state index in [2.05, 4.69) is 14.9 Å². The largest absolute Gasteiger partial charge is 0.573 e. The van der Waals surface area contributed by atoms with Crippen LogP contribution in [0.1, 0.15) is 0 Å². The average Bonchev–Trinajstić information content (AvgIpc) is 3.14. The molecule has 0 saturated carbocycles. The number of ether oxygens (including phenoxy) is 1. The van der Waals surface area contributed by atoms with Gasteiger partial charge in [0.15, 0.2) is 0 Å². The molecule has 1 amide bonds. The van der Waals surface area contributed by atoms with Gasteiger partial charge in [0.25, 0.3) is 5.89 Å². The van der Waals surface area contributed by atoms with E-state index < -0.39 is 12.3 Å². The van der Waals surface area contributed by atoms with E-state index in [4.69, 9.17) is 10.3 Å². The van der Waals surface area contributed by atoms with Crippen LogP contribution in [0.15, 0.2) is 47.1 Å². The second-order valence-electron chi connectivity index (χ2n) is 4.98. The first-order chi connectivity index (χ1) is 11.8. The van der Waals surface area contributed by atoms with Gasteiger partial charge >= 0.3 is 6.36 Å². The lowest BCUT2D eigenvalue weighted by Crippen LogP contribution is -2.18. The molecule has 0 fully saturated rings. The van der Waals surface area contributed by atoms with Crippen molar-refractivity contribution in [2.24, 2.45) is 5.73 Å². The van der Waals surface area contributed by atoms with Gasteiger partial charge in [0.2, 0.25) is 11.7 Å². The van der Waals surface area contributed by atoms with Crippen molar-refractivity contribution in [1.82, 2.24) is 14.7 Å². The van der Waals surface area contributed by atoms with Crippen LogP contribution in [0.4, 0.5) is 13.2 Å². The highest BCUT2D eigenvalue weighted by molar-refractivity contribution is 5.74. The predicted octanol–water partition coefficient (Wildman–Crippen LogP) is 2.59. The molecule has 1 aromatic carbocycles. The molecule has 3 rings (SSSR count). The molecular weight excluding hydrogens is 341 g/mol. The van der Waals surface area contributed by atoms with Crippen molar-refractivity contribution in [3.63, 3.8) is 0 Å². The predicted molar refractivity (Wildman–Crippen MR) is 79.0 cm³/mol. The molecule has 0 radical (unpaired) electrons. The van der Waals surface area contributed by atoms with E-state index in [1.807, 2.05) is 0 Å². The van der Waals surface area contributed by atoms with Crippen LogP contribution in [0.25, 0.3) is 23.0 Å². The molecule has 2 aromatic heterocycles. The second-order valence-corrected chi connectivity index (χ2v) is 4.98. The van der Waals surface area contributed by atoms with Crippen LogP contribution in [-0.2, 0) is 11.3 Å². The van der Waals surface area contributed by atoms with Gasteiger partial charge in [-0.2, -0.15) is 4.98 Å². The van der Waals surface area contributed by atoms with Crippen LogP contribution in [0, 0.1) is 0 Å². The molecule has 25 heavy (non-hydrogen) atoms. The number of halogens is 3. The molecule has 130 valence electrons. The first-order valence-corrected chi connectivity index (χ1v) is 6.95. The third-order valence-corrected chi connectivity index (χ3v) is 3.15. The molecule has 2 N–H and O–H groups in total. The topological polar surface area (TPSA) is 96.2 Å². The quantitative estimate of drug-likeness (QED) is 0.761. The number of carbonyl (C=O) groups excluding carboxylic acids is 1. The van der Waals surface area contributed by atoms with E-state index in [1.165, 1.54) is 12.1 Å². The van der Waals surface area contributed by atoms with Crippen molar-refractivity contribution in [2.75, 3.05) is 0 Å². The maximum Gasteiger partial charge on any atom is 0.573 e. The van der Waals surface area contributed by atoms with Crippen molar-refractivity contribution >= 4 is 5.91 Å². The second kappa shape index (κ2) is 6.30. The summed E-state index contributed by atoms with van der Waals surface area (Å²) in [6.07, 6.45) is -3.13. The van der Waals surface area contributed by atoms with E-state index in [-0.39, 0.29) is 24.0 Å². The van der Waals surface area contributed by atoms with Gasteiger partial charge in [0, 0.05) is 11.8 Å². The summed E-state index contributed by atoms with van der Waals surface area (Å²) in [5.74, 6) is -0.551. The van der Waals surface area contributed by atoms with Crippen molar-refractivity contribution in [3.05, 3.63) is 42.6 Å². The number of alkyl halides is 3. The maximum absolute atomic E-state index is 12.2. The summed E-state index contributed by atoms with van der Waals surface area (Å²) >= 11 is 0. The number of carbonyl (C=O) groups is 1. The van der Waals surface area contributed by atoms with Crippen LogP contribution in [0.5, 0.6) is 5.75 Å². The lowest BCUT2D eigenvalue weighted by molar-refractivity contribution is -0.274. The lowest BCUT2D eigenvalue weighted by atomic mass is 10.2. The van der Waals surface area contributed by atoms with Crippen LogP contribution in [0.2, 0.25) is 0 Å². The minimum atomic E-state index is -4.76. The number of hydrogen-bond donors (Lipinski definition) is 1. The number of benzene rings is 1. The molecule has 10 heteroatoms. The summed E-state index contributed by atoms with van der Waals surface area (Å²) in [5, 5.41) is 3.79. The molecule has 0 saturated heterocycles. The van der Waals surface area contributed by atoms with E-state index >= 15 is 0 Å². The highest BCUT2D eigenvalue weighted by atomic mass is 19.4. The minimum Gasteiger partial charge on any atom is -0.406 e. The van der Waals surface area contributed by atoms with Gasteiger partial charge in [-0.1, -0.05) is 5.16 Å². The van der Waals surface area contributed by atoms with Gasteiger partial charge in [-0.15, -0.1) is 13.2 Å². The first kappa shape index (κ1) is 16.6. The molecule has 2 heterocycles. The summed E-state index contributed by atoms with van der Waals surface area (Å²) in [5.41, 5.74) is 6.10. The van der Waals surface area contributed by atoms with Gasteiger partial charge < -0.3 is 19.6 Å². The SMILES string of the molecule is NC(=O)Cn1cccc1-c1nc(-c2ccc(OC(F)(F)F)cc2)no1. The average molecular weight is 352 g/mol. The molecule has 0 bridgehead atoms. The van der Waals surface area contributed by atoms with Crippen LogP contribution >= 0.6 is 0 Å². The maximum atomic E-state index is 12.2. The van der Waals surface area contributed by atoms with Gasteiger partial charge in [-0.3, -0.25) is 4.79 Å². The first-order valence-electron chi connectivity index (χ1n) is 6.95. The van der Waals surface area contributed by atoms with Crippen LogP contribution in [-0.4, -0.2) is 27.0 Å². The summed E-state index contributed by atoms with van der Waals surface area (Å²) in [6, 6.07) is 8.39. The Bertz CT molecular complexity index is 884. The molecule has 0 aliphatic carbocycles. The number of aromatic nitrogens is 3. The summed E-state index contributed by atoms with van der Waals surface area (Å²) in [4.78, 5) is 15.2. The Morgan fingerprint density at radius 3 is 2.60 bits per heavy atom. The van der Waals surface area contributed by atoms with Crippen molar-refractivity contribution < 1.29 is 27.2 Å². The number of nitrogens with zero attached hydrogens (tertiary/aromatic N) is 3. The van der Waals surface area contributed by atoms with Gasteiger partial charge in [-0.05, 0) is 36.4 Å². The summed E-state index contributed by atoms with van der Waals surface area (Å²) < 4.78 is 47.0. The number of hydrogen-bond acceptors (Lipinski definition) is 5. The zero-order chi connectivity index (χ0) is 18.0. The molecule has 3 aromatic rings. The lowest BCUT2D eigenvalue weighted by Gasteiger charge is -2.08. The fourth-order valence-electron chi connectivity index (χ4n) is 2.16. The Morgan fingerprint density at radius 1 is 1.24 bits per heavy atom. The van der Waals surface area contributed by atoms with E-state index in [9.17, 15) is 18.0 Å². The fourth-order valence-corrected chi connectivity index (χ4v) is 2.16. The Labute approximate surface area is 138 Å². The zero-order valence-corrected chi connectivity index (χ0v) is 12.5. The van der Waals surface area contributed by atoms with E-state index in [0.717, 1.165) is 12.1 Å². The molecule has 0 aliphatic rings. The van der Waals surface area contributed by atoms with Crippen molar-refractivity contribution in [3.8, 4) is 28.7 Å². The Balaban J connectivity index is 1.82. The van der Waals surface area contributed by atoms with E-state index in [0.29, 0.717) is 11.3 Å². The third-order valence-electron chi connectivity index (χ3n) is 3.15. The molecule has 0 aliphatic heterocycles. The smallest absolute Gasteiger partial charge is 0.406 e. The molecule has 0 atom stereocenters. The fraction of sp³-hybridized carbons (Fsp3) is 0.133. The van der Waals surface area contributed by atoms with Crippen LogP contribution < -0.4 is 10.5 Å². The molecule has 7 nitrogen and oxygen atoms in total. The summed E-state index contributed by atoms with van der Waals surface area (Å²) in [6.45, 7) is -0.0521. The molecular formula is C15H11F3N4O3. The third kappa shape index (κ3) is 3.97. The molecule has 0 spiro atoms. The van der Waals surface area contributed by atoms with Gasteiger partial charge in [0.1, 0.15) is 18.0 Å². The normalized spacial score (nSPS) is 11.5. The van der Waals surface area contributed by atoms with Gasteiger partial charge in [-0.25, -0.2) is 0 Å². The Morgan fingerprint density at radius 2 is 1.96 bits per heavy atom. The number of amides is 1. The zero-order valence-electron chi connectivity index (χ0n) is 12.5. The number of rotatable bonds is 5. The Kier molecular flexibility index (Phi) is 4.17. The van der Waals surface area contributed by atoms with Crippen molar-refractivity contribution in [1.29, 1.82) is 0 Å². The Hall–Kier alpha value is -3.30. The minimum absolute atomic E-state index is 0.0521. The molecule has 0 unspecified atom stereocenters. The van der Waals surface area contributed by atoms with Crippen LogP contribution in [0.3, 0.4) is 0 Å². The van der Waals surface area contributed by atoms with E-state index in [1.54, 1.807) is 22.9 Å². The summed E-state index contributed by atoms with van der Waals surface area (Å²) in [7, 11) is 0. The highest BCUT2D eigenvalue weighted by Gasteiger charge is 2.31. The monoisotopic (exact) mass is 352 g/mol. The van der Waals surface area contributed by atoms with Gasteiger partial charge in [0.05, 0.1) is 0 Å². The standard InChI is InChI=1S/C15H11F3N4O3/c16-15(17,18)24-10-5-3-9(4-6-10)13-20-14(25-21-13)11-2-1-7-22(11)8-12(19)23/h1-7H,8H2,(H2,19,23). The number of nitrogens with two attached hydrogens (primary N) is 1. The van der Waals surface area contributed by atoms with Crippen molar-refractivity contribution in [2.45, 2.75) is 12.9 Å². The highest BCUT2D eigenvalue weighted by Crippen LogP contribution is 2.27. The number of primary amides is 1.